The van der Waals surface area contributed by atoms with Crippen LogP contribution in [-0.2, 0) is 0 Å². The Morgan fingerprint density at radius 1 is 0.452 bits per heavy atom. The summed E-state index contributed by atoms with van der Waals surface area (Å²) in [5, 5.41) is 42.4. The van der Waals surface area contributed by atoms with Gasteiger partial charge in [-0.25, -0.2) is 19.2 Å². The second kappa shape index (κ2) is 16.1. The lowest BCUT2D eigenvalue weighted by Gasteiger charge is -2.07. The lowest BCUT2D eigenvalue weighted by Crippen LogP contribution is -2.20. The molecule has 4 rings (SSSR count). The van der Waals surface area contributed by atoms with E-state index in [-0.39, 0.29) is 28.2 Å². The van der Waals surface area contributed by atoms with Gasteiger partial charge in [-0.3, -0.25) is 5.41 Å². The number of carboxylic acids is 4. The summed E-state index contributed by atoms with van der Waals surface area (Å²) in [4.78, 5) is 46.5. The molecule has 0 fully saturated rings. The fraction of sp³-hybridized carbons (Fsp3) is 0. The predicted octanol–water partition coefficient (Wildman–Crippen LogP) is 5.31. The number of hydrogen-bond donors (Lipinski definition) is 7. The smallest absolute Gasteiger partial charge is 0.336 e. The van der Waals surface area contributed by atoms with Crippen LogP contribution in [0.25, 0.3) is 0 Å². The Morgan fingerprint density at radius 2 is 0.619 bits per heavy atom. The highest BCUT2D eigenvalue weighted by Gasteiger charge is 2.16. The quantitative estimate of drug-likeness (QED) is 0.0999. The van der Waals surface area contributed by atoms with Crippen molar-refractivity contribution in [2.45, 2.75) is 19.6 Å². The molecule has 0 saturated heterocycles. The fourth-order valence-electron chi connectivity index (χ4n) is 3.17. The third-order valence-electron chi connectivity index (χ3n) is 4.91. The van der Waals surface area contributed by atoms with E-state index in [1.54, 1.807) is 72.8 Å². The van der Waals surface area contributed by atoms with Gasteiger partial charge in [-0.15, -0.1) is 0 Å². The van der Waals surface area contributed by atoms with Gasteiger partial charge in [0.15, 0.2) is 5.96 Å². The minimum Gasteiger partial charge on any atom is -0.478 e. The number of carboxylic acid groups (broad SMARTS) is 4. The second-order valence-electron chi connectivity index (χ2n) is 7.86. The first-order chi connectivity index (χ1) is 19.9. The molecule has 4 aromatic carbocycles. The number of benzene rings is 4. The van der Waals surface area contributed by atoms with Gasteiger partial charge >= 0.3 is 23.9 Å². The molecule has 0 aliphatic rings. The highest BCUT2D eigenvalue weighted by molar-refractivity contribution is 7.99. The molecule has 0 unspecified atom stereocenters. The van der Waals surface area contributed by atoms with Crippen LogP contribution in [0.2, 0.25) is 0 Å². The average molecular weight is 608 g/mol. The summed E-state index contributed by atoms with van der Waals surface area (Å²) >= 11 is 2.27. The summed E-state index contributed by atoms with van der Waals surface area (Å²) in [6.45, 7) is 0. The molecule has 0 atom stereocenters. The standard InChI is InChI=1S/2C14H10O4S.CH5N3/c2*15-13(16)9-5-1-3-7-11(9)19-12-8-4-2-6-10(12)14(17)18;2-1(3)4/h2*1-8H,(H,15,16)(H,17,18);(H5,2,3,4). The molecule has 11 nitrogen and oxygen atoms in total. The number of nitrogens with one attached hydrogen (secondary N) is 1. The maximum atomic E-state index is 11.1. The van der Waals surface area contributed by atoms with Gasteiger partial charge in [-0.05, 0) is 48.5 Å². The van der Waals surface area contributed by atoms with Gasteiger partial charge in [0.2, 0.25) is 0 Å². The Morgan fingerprint density at radius 3 is 0.786 bits per heavy atom. The number of aromatic carboxylic acids is 4. The van der Waals surface area contributed by atoms with E-state index in [2.05, 4.69) is 11.5 Å². The van der Waals surface area contributed by atoms with Crippen LogP contribution in [0.3, 0.4) is 0 Å². The normalized spacial score (nSPS) is 9.71. The van der Waals surface area contributed by atoms with Gasteiger partial charge in [0, 0.05) is 19.6 Å². The van der Waals surface area contributed by atoms with Crippen molar-refractivity contribution in [3.8, 4) is 0 Å². The first-order valence-corrected chi connectivity index (χ1v) is 13.3. The molecule has 0 spiro atoms. The number of rotatable bonds is 8. The van der Waals surface area contributed by atoms with E-state index in [1.807, 2.05) is 0 Å². The van der Waals surface area contributed by atoms with Crippen molar-refractivity contribution in [3.05, 3.63) is 119 Å². The van der Waals surface area contributed by atoms with Gasteiger partial charge in [-0.2, -0.15) is 0 Å². The Kier molecular flexibility index (Phi) is 12.6. The van der Waals surface area contributed by atoms with E-state index in [4.69, 9.17) is 25.8 Å². The van der Waals surface area contributed by atoms with Crippen LogP contribution >= 0.6 is 23.5 Å². The fourth-order valence-corrected chi connectivity index (χ4v) is 5.29. The maximum absolute atomic E-state index is 11.1. The number of carbonyl (C=O) groups is 4. The summed E-state index contributed by atoms with van der Waals surface area (Å²) < 4.78 is 0. The van der Waals surface area contributed by atoms with Gasteiger partial charge in [0.25, 0.3) is 0 Å². The van der Waals surface area contributed by atoms with Crippen molar-refractivity contribution in [2.24, 2.45) is 11.5 Å². The monoisotopic (exact) mass is 607 g/mol. The number of hydrogen-bond acceptors (Lipinski definition) is 7. The highest BCUT2D eigenvalue weighted by atomic mass is 32.2. The number of guanidine groups is 1. The molecule has 0 saturated carbocycles. The molecule has 13 heteroatoms. The first kappa shape index (κ1) is 32.9. The largest absolute Gasteiger partial charge is 0.478 e. The van der Waals surface area contributed by atoms with Crippen molar-refractivity contribution in [1.29, 1.82) is 5.41 Å². The third kappa shape index (κ3) is 10.0. The Balaban J connectivity index is 0.000000261. The molecule has 4 aromatic rings. The zero-order valence-electron chi connectivity index (χ0n) is 21.6. The van der Waals surface area contributed by atoms with Crippen LogP contribution in [-0.4, -0.2) is 50.3 Å². The van der Waals surface area contributed by atoms with E-state index in [0.29, 0.717) is 19.6 Å². The van der Waals surface area contributed by atoms with Crippen molar-refractivity contribution in [3.63, 3.8) is 0 Å². The summed E-state index contributed by atoms with van der Waals surface area (Å²) in [7, 11) is 0. The molecule has 0 heterocycles. The van der Waals surface area contributed by atoms with E-state index in [9.17, 15) is 19.2 Å². The Bertz CT molecular complexity index is 1380. The van der Waals surface area contributed by atoms with Gasteiger partial charge in [-0.1, -0.05) is 72.1 Å². The van der Waals surface area contributed by atoms with Gasteiger partial charge in [0.05, 0.1) is 22.3 Å². The van der Waals surface area contributed by atoms with Crippen molar-refractivity contribution < 1.29 is 39.6 Å². The van der Waals surface area contributed by atoms with Crippen molar-refractivity contribution in [2.75, 3.05) is 0 Å². The van der Waals surface area contributed by atoms with E-state index in [0.717, 1.165) is 23.5 Å². The van der Waals surface area contributed by atoms with Crippen LogP contribution in [0.1, 0.15) is 41.4 Å². The van der Waals surface area contributed by atoms with Crippen LogP contribution in [0, 0.1) is 5.41 Å². The van der Waals surface area contributed by atoms with Crippen LogP contribution in [0.4, 0.5) is 0 Å². The van der Waals surface area contributed by atoms with E-state index in [1.165, 1.54) is 24.3 Å². The summed E-state index contributed by atoms with van der Waals surface area (Å²) in [6.07, 6.45) is 0. The van der Waals surface area contributed by atoms with Crippen LogP contribution in [0.5, 0.6) is 0 Å². The molecule has 0 radical (unpaired) electrons. The van der Waals surface area contributed by atoms with E-state index >= 15 is 0 Å². The highest BCUT2D eigenvalue weighted by Crippen LogP contribution is 2.34. The molecular formula is C29H25N3O8S2. The molecule has 0 bridgehead atoms. The molecule has 0 amide bonds. The SMILES string of the molecule is N=C(N)N.O=C(O)c1ccccc1Sc1ccccc1C(=O)O.O=C(O)c1ccccc1Sc1ccccc1C(=O)O. The average Bonchev–Trinajstić information content (AvgIpc) is 2.94. The lowest BCUT2D eigenvalue weighted by molar-refractivity contribution is 0.0681. The summed E-state index contributed by atoms with van der Waals surface area (Å²) in [5.41, 5.74) is 9.58. The number of nitrogens with two attached hydrogens (primary N) is 2. The molecule has 0 aliphatic carbocycles. The molecule has 42 heavy (non-hydrogen) atoms. The molecule has 9 N–H and O–H groups in total. The molecule has 0 aromatic heterocycles. The van der Waals surface area contributed by atoms with Crippen molar-refractivity contribution in [1.82, 2.24) is 0 Å². The van der Waals surface area contributed by atoms with E-state index < -0.39 is 23.9 Å². The maximum Gasteiger partial charge on any atom is 0.336 e. The third-order valence-corrected chi connectivity index (χ3v) is 7.21. The molecular weight excluding hydrogens is 582 g/mol. The molecule has 216 valence electrons. The van der Waals surface area contributed by atoms with Crippen LogP contribution < -0.4 is 11.5 Å². The Hall–Kier alpha value is -5.27. The summed E-state index contributed by atoms with van der Waals surface area (Å²) in [5.74, 6) is -4.46. The minimum absolute atomic E-state index is 0.160. The topological polar surface area (TPSA) is 225 Å². The van der Waals surface area contributed by atoms with Gasteiger partial charge in [0.1, 0.15) is 0 Å². The van der Waals surface area contributed by atoms with Gasteiger partial charge < -0.3 is 31.9 Å². The lowest BCUT2D eigenvalue weighted by atomic mass is 10.2. The van der Waals surface area contributed by atoms with Crippen molar-refractivity contribution >= 4 is 53.4 Å². The summed E-state index contributed by atoms with van der Waals surface area (Å²) in [6, 6.07) is 26.0. The Labute approximate surface area is 248 Å². The predicted molar refractivity (Wildman–Crippen MR) is 158 cm³/mol. The second-order valence-corrected chi connectivity index (χ2v) is 10.0. The molecule has 0 aliphatic heterocycles. The zero-order chi connectivity index (χ0) is 31.2. The van der Waals surface area contributed by atoms with Crippen LogP contribution in [0.15, 0.2) is 117 Å². The first-order valence-electron chi connectivity index (χ1n) is 11.7. The zero-order valence-corrected chi connectivity index (χ0v) is 23.3. The minimum atomic E-state index is -1.03.